The van der Waals surface area contributed by atoms with Crippen LogP contribution in [-0.2, 0) is 4.79 Å². The Balaban J connectivity index is 2.00. The predicted octanol–water partition coefficient (Wildman–Crippen LogP) is 0.725. The second-order valence-electron chi connectivity index (χ2n) is 5.45. The SMILES string of the molecule is CC(C)(N)CN1CCC(=O)N1C1CCC1. The molecule has 2 rings (SSSR count). The lowest BCUT2D eigenvalue weighted by Gasteiger charge is -2.41. The summed E-state index contributed by atoms with van der Waals surface area (Å²) in [5.74, 6) is 0.281. The van der Waals surface area contributed by atoms with Gasteiger partial charge in [-0.2, -0.15) is 0 Å². The third-order valence-electron chi connectivity index (χ3n) is 3.15. The van der Waals surface area contributed by atoms with Gasteiger partial charge in [0.15, 0.2) is 0 Å². The Morgan fingerprint density at radius 3 is 2.60 bits per heavy atom. The molecule has 2 aliphatic rings. The van der Waals surface area contributed by atoms with E-state index >= 15 is 0 Å². The van der Waals surface area contributed by atoms with Gasteiger partial charge in [0.2, 0.25) is 5.91 Å². The Labute approximate surface area is 91.4 Å². The van der Waals surface area contributed by atoms with Crippen molar-refractivity contribution in [2.24, 2.45) is 5.73 Å². The maximum Gasteiger partial charge on any atom is 0.238 e. The lowest BCUT2D eigenvalue weighted by atomic mass is 9.92. The third-order valence-corrected chi connectivity index (χ3v) is 3.15. The van der Waals surface area contributed by atoms with Gasteiger partial charge in [0.05, 0.1) is 0 Å². The second-order valence-corrected chi connectivity index (χ2v) is 5.45. The number of amides is 1. The van der Waals surface area contributed by atoms with E-state index in [2.05, 4.69) is 5.01 Å². The molecule has 4 nitrogen and oxygen atoms in total. The van der Waals surface area contributed by atoms with Gasteiger partial charge in [-0.05, 0) is 33.1 Å². The summed E-state index contributed by atoms with van der Waals surface area (Å²) < 4.78 is 0. The first-order valence-electron chi connectivity index (χ1n) is 5.83. The smallest absolute Gasteiger partial charge is 0.238 e. The monoisotopic (exact) mass is 211 g/mol. The van der Waals surface area contributed by atoms with E-state index in [4.69, 9.17) is 5.73 Å². The zero-order chi connectivity index (χ0) is 11.1. The number of hydrogen-bond donors (Lipinski definition) is 1. The van der Waals surface area contributed by atoms with E-state index in [9.17, 15) is 4.79 Å². The largest absolute Gasteiger partial charge is 0.324 e. The molecule has 1 heterocycles. The molecule has 1 saturated carbocycles. The van der Waals surface area contributed by atoms with Gasteiger partial charge in [-0.25, -0.2) is 5.01 Å². The van der Waals surface area contributed by atoms with Gasteiger partial charge in [-0.3, -0.25) is 9.80 Å². The van der Waals surface area contributed by atoms with Crippen molar-refractivity contribution < 1.29 is 4.79 Å². The summed E-state index contributed by atoms with van der Waals surface area (Å²) in [6.45, 7) is 5.63. The lowest BCUT2D eigenvalue weighted by molar-refractivity contribution is -0.147. The van der Waals surface area contributed by atoms with Crippen LogP contribution in [0.5, 0.6) is 0 Å². The van der Waals surface area contributed by atoms with Crippen LogP contribution in [0.3, 0.4) is 0 Å². The maximum atomic E-state index is 11.7. The zero-order valence-corrected chi connectivity index (χ0v) is 9.70. The third kappa shape index (κ3) is 2.32. The van der Waals surface area contributed by atoms with Crippen molar-refractivity contribution in [2.45, 2.75) is 51.1 Å². The van der Waals surface area contributed by atoms with Crippen LogP contribution < -0.4 is 5.73 Å². The first kappa shape index (κ1) is 10.9. The molecular formula is C11H21N3O. The molecule has 86 valence electrons. The van der Waals surface area contributed by atoms with Crippen molar-refractivity contribution in [3.63, 3.8) is 0 Å². The molecular weight excluding hydrogens is 190 g/mol. The fourth-order valence-electron chi connectivity index (χ4n) is 2.30. The molecule has 0 unspecified atom stereocenters. The molecule has 0 bridgehead atoms. The van der Waals surface area contributed by atoms with Crippen molar-refractivity contribution >= 4 is 5.91 Å². The van der Waals surface area contributed by atoms with Crippen molar-refractivity contribution in [2.75, 3.05) is 13.1 Å². The molecule has 15 heavy (non-hydrogen) atoms. The average molecular weight is 211 g/mol. The van der Waals surface area contributed by atoms with Gasteiger partial charge in [-0.1, -0.05) is 0 Å². The highest BCUT2D eigenvalue weighted by atomic mass is 16.2. The highest BCUT2D eigenvalue weighted by Gasteiger charge is 2.38. The van der Waals surface area contributed by atoms with E-state index in [-0.39, 0.29) is 11.4 Å². The first-order chi connectivity index (χ1) is 6.97. The maximum absolute atomic E-state index is 11.7. The molecule has 2 N–H and O–H groups in total. The number of nitrogens with zero attached hydrogens (tertiary/aromatic N) is 2. The Bertz CT molecular complexity index is 255. The Kier molecular flexibility index (Phi) is 2.73. The van der Waals surface area contributed by atoms with Gasteiger partial charge in [-0.15, -0.1) is 0 Å². The van der Waals surface area contributed by atoms with Gasteiger partial charge in [0, 0.05) is 31.1 Å². The highest BCUT2D eigenvalue weighted by molar-refractivity contribution is 5.78. The van der Waals surface area contributed by atoms with Crippen LogP contribution in [0.2, 0.25) is 0 Å². The van der Waals surface area contributed by atoms with Gasteiger partial charge < -0.3 is 5.73 Å². The number of carbonyl (C=O) groups is 1. The molecule has 0 spiro atoms. The van der Waals surface area contributed by atoms with E-state index in [0.717, 1.165) is 25.9 Å². The molecule has 0 aromatic heterocycles. The number of rotatable bonds is 3. The van der Waals surface area contributed by atoms with Crippen LogP contribution in [0, 0.1) is 0 Å². The average Bonchev–Trinajstić information content (AvgIpc) is 2.29. The predicted molar refractivity (Wildman–Crippen MR) is 58.9 cm³/mol. The Morgan fingerprint density at radius 2 is 2.13 bits per heavy atom. The fourth-order valence-corrected chi connectivity index (χ4v) is 2.30. The van der Waals surface area contributed by atoms with Crippen LogP contribution in [0.1, 0.15) is 39.5 Å². The molecule has 0 atom stereocenters. The fraction of sp³-hybridized carbons (Fsp3) is 0.909. The molecule has 0 radical (unpaired) electrons. The highest BCUT2D eigenvalue weighted by Crippen LogP contribution is 2.30. The molecule has 0 aromatic carbocycles. The Hall–Kier alpha value is -0.610. The van der Waals surface area contributed by atoms with E-state index in [1.165, 1.54) is 6.42 Å². The Morgan fingerprint density at radius 1 is 1.47 bits per heavy atom. The summed E-state index contributed by atoms with van der Waals surface area (Å²) in [7, 11) is 0. The van der Waals surface area contributed by atoms with E-state index in [1.54, 1.807) is 0 Å². The normalized spacial score (nSPS) is 24.7. The summed E-state index contributed by atoms with van der Waals surface area (Å²) >= 11 is 0. The first-order valence-corrected chi connectivity index (χ1v) is 5.83. The van der Waals surface area contributed by atoms with Crippen LogP contribution in [-0.4, -0.2) is 40.6 Å². The summed E-state index contributed by atoms with van der Waals surface area (Å²) in [5, 5.41) is 4.12. The molecule has 1 aliphatic carbocycles. The molecule has 2 fully saturated rings. The van der Waals surface area contributed by atoms with Crippen molar-refractivity contribution in [3.8, 4) is 0 Å². The van der Waals surface area contributed by atoms with Crippen LogP contribution in [0.25, 0.3) is 0 Å². The summed E-state index contributed by atoms with van der Waals surface area (Å²) in [6.07, 6.45) is 4.24. The summed E-state index contributed by atoms with van der Waals surface area (Å²) in [6, 6.07) is 0.461. The number of hydrazine groups is 1. The van der Waals surface area contributed by atoms with Crippen molar-refractivity contribution in [1.29, 1.82) is 0 Å². The molecule has 1 amide bonds. The lowest BCUT2D eigenvalue weighted by Crippen LogP contribution is -2.55. The molecule has 1 saturated heterocycles. The minimum absolute atomic E-state index is 0.230. The standard InChI is InChI=1S/C11H21N3O/c1-11(2,12)8-13-7-6-10(15)14(13)9-4-3-5-9/h9H,3-8,12H2,1-2H3. The molecule has 0 aromatic rings. The van der Waals surface area contributed by atoms with E-state index < -0.39 is 0 Å². The van der Waals surface area contributed by atoms with E-state index in [0.29, 0.717) is 12.5 Å². The molecule has 1 aliphatic heterocycles. The number of hydrogen-bond acceptors (Lipinski definition) is 3. The summed E-state index contributed by atoms with van der Waals surface area (Å²) in [4.78, 5) is 11.7. The number of nitrogens with two attached hydrogens (primary N) is 1. The minimum atomic E-state index is -0.230. The molecule has 4 heteroatoms. The van der Waals surface area contributed by atoms with Crippen molar-refractivity contribution in [3.05, 3.63) is 0 Å². The minimum Gasteiger partial charge on any atom is -0.324 e. The van der Waals surface area contributed by atoms with E-state index in [1.807, 2.05) is 18.9 Å². The second kappa shape index (κ2) is 3.76. The zero-order valence-electron chi connectivity index (χ0n) is 9.70. The quantitative estimate of drug-likeness (QED) is 0.748. The van der Waals surface area contributed by atoms with Gasteiger partial charge in [0.25, 0.3) is 0 Å². The van der Waals surface area contributed by atoms with Crippen molar-refractivity contribution in [1.82, 2.24) is 10.0 Å². The van der Waals surface area contributed by atoms with Crippen LogP contribution in [0.15, 0.2) is 0 Å². The van der Waals surface area contributed by atoms with Crippen LogP contribution >= 0.6 is 0 Å². The van der Waals surface area contributed by atoms with Gasteiger partial charge in [0.1, 0.15) is 0 Å². The number of carbonyl (C=O) groups excluding carboxylic acids is 1. The van der Waals surface area contributed by atoms with Crippen LogP contribution in [0.4, 0.5) is 0 Å². The van der Waals surface area contributed by atoms with Gasteiger partial charge >= 0.3 is 0 Å². The topological polar surface area (TPSA) is 49.6 Å². The summed E-state index contributed by atoms with van der Waals surface area (Å²) in [5.41, 5.74) is 5.77.